The quantitative estimate of drug-likeness (QED) is 0.789. The first-order valence-electron chi connectivity index (χ1n) is 5.81. The highest BCUT2D eigenvalue weighted by atomic mass is 32.1. The molecule has 0 fully saturated rings. The first-order chi connectivity index (χ1) is 8.65. The molecule has 6 heteroatoms. The third-order valence-electron chi connectivity index (χ3n) is 3.08. The zero-order valence-corrected chi connectivity index (χ0v) is 11.1. The number of rotatable bonds is 1. The number of aromatic nitrogens is 2. The van der Waals surface area contributed by atoms with Gasteiger partial charge in [0.2, 0.25) is 0 Å². The van der Waals surface area contributed by atoms with E-state index in [0.29, 0.717) is 13.1 Å². The minimum atomic E-state index is 0.0601. The summed E-state index contributed by atoms with van der Waals surface area (Å²) in [5.74, 6) is 0.959. The predicted octanol–water partition coefficient (Wildman–Crippen LogP) is 1.95. The summed E-state index contributed by atoms with van der Waals surface area (Å²) in [6, 6.07) is 0. The topological polar surface area (TPSA) is 59.2 Å². The van der Waals surface area contributed by atoms with E-state index in [4.69, 9.17) is 4.52 Å². The predicted molar refractivity (Wildman–Crippen MR) is 66.5 cm³/mol. The number of hydrogen-bond acceptors (Lipinski definition) is 5. The third-order valence-corrected chi connectivity index (χ3v) is 4.15. The Morgan fingerprint density at radius 1 is 1.50 bits per heavy atom. The fourth-order valence-electron chi connectivity index (χ4n) is 2.19. The number of thiazole rings is 1. The molecule has 0 spiro atoms. The molecule has 3 rings (SSSR count). The van der Waals surface area contributed by atoms with Crippen LogP contribution in [0.3, 0.4) is 0 Å². The van der Waals surface area contributed by atoms with Crippen LogP contribution in [-0.2, 0) is 13.0 Å². The van der Waals surface area contributed by atoms with E-state index >= 15 is 0 Å². The van der Waals surface area contributed by atoms with Crippen LogP contribution in [0.5, 0.6) is 0 Å². The fraction of sp³-hybridized carbons (Fsp3) is 0.417. The second kappa shape index (κ2) is 4.20. The van der Waals surface area contributed by atoms with Gasteiger partial charge < -0.3 is 9.42 Å². The van der Waals surface area contributed by atoms with Crippen LogP contribution in [0.4, 0.5) is 0 Å². The summed E-state index contributed by atoms with van der Waals surface area (Å²) in [5, 5.41) is 4.70. The van der Waals surface area contributed by atoms with E-state index < -0.39 is 0 Å². The number of carbonyl (C=O) groups excluding carboxylic acids is 1. The number of aryl methyl sites for hydroxylation is 2. The Hall–Kier alpha value is -1.69. The summed E-state index contributed by atoms with van der Waals surface area (Å²) >= 11 is 1.46. The van der Waals surface area contributed by atoms with Crippen molar-refractivity contribution < 1.29 is 9.32 Å². The molecule has 0 atom stereocenters. The molecular formula is C12H13N3O2S. The molecule has 5 nitrogen and oxygen atoms in total. The van der Waals surface area contributed by atoms with Gasteiger partial charge in [-0.25, -0.2) is 4.98 Å². The standard InChI is InChI=1S/C12H13N3O2S/c1-7-11(18-8(2)14-7)12(16)15-4-3-10-9(6-15)5-13-17-10/h5H,3-4,6H2,1-2H3. The van der Waals surface area contributed by atoms with E-state index in [0.717, 1.165) is 33.3 Å². The SMILES string of the molecule is Cc1nc(C)c(C(=O)N2CCc3oncc3C2)s1. The Morgan fingerprint density at radius 2 is 2.33 bits per heavy atom. The fourth-order valence-corrected chi connectivity index (χ4v) is 3.08. The summed E-state index contributed by atoms with van der Waals surface area (Å²) in [4.78, 5) is 19.3. The van der Waals surface area contributed by atoms with Gasteiger partial charge >= 0.3 is 0 Å². The van der Waals surface area contributed by atoms with Crippen LogP contribution in [0.15, 0.2) is 10.7 Å². The van der Waals surface area contributed by atoms with Crippen LogP contribution in [-0.4, -0.2) is 27.5 Å². The first-order valence-corrected chi connectivity index (χ1v) is 6.62. The van der Waals surface area contributed by atoms with Crippen molar-refractivity contribution in [1.29, 1.82) is 0 Å². The smallest absolute Gasteiger partial charge is 0.266 e. The molecule has 0 unspecified atom stereocenters. The number of amides is 1. The lowest BCUT2D eigenvalue weighted by atomic mass is 10.1. The average Bonchev–Trinajstić information content (AvgIpc) is 2.93. The second-order valence-electron chi connectivity index (χ2n) is 4.40. The lowest BCUT2D eigenvalue weighted by Gasteiger charge is -2.25. The molecule has 1 amide bonds. The molecule has 0 aromatic carbocycles. The van der Waals surface area contributed by atoms with Crippen LogP contribution >= 0.6 is 11.3 Å². The van der Waals surface area contributed by atoms with E-state index in [1.165, 1.54) is 11.3 Å². The van der Waals surface area contributed by atoms with Crippen molar-refractivity contribution in [3.8, 4) is 0 Å². The molecule has 0 saturated carbocycles. The molecule has 0 aliphatic carbocycles. The summed E-state index contributed by atoms with van der Waals surface area (Å²) in [6.07, 6.45) is 2.43. The molecule has 3 heterocycles. The highest BCUT2D eigenvalue weighted by Gasteiger charge is 2.26. The van der Waals surface area contributed by atoms with Gasteiger partial charge in [0.15, 0.2) is 0 Å². The van der Waals surface area contributed by atoms with Gasteiger partial charge in [-0.3, -0.25) is 4.79 Å². The normalized spacial score (nSPS) is 14.7. The van der Waals surface area contributed by atoms with E-state index in [1.54, 1.807) is 6.20 Å². The number of nitrogens with zero attached hydrogens (tertiary/aromatic N) is 3. The van der Waals surface area contributed by atoms with Crippen LogP contribution in [0, 0.1) is 13.8 Å². The van der Waals surface area contributed by atoms with Gasteiger partial charge in [-0.15, -0.1) is 11.3 Å². The van der Waals surface area contributed by atoms with Gasteiger partial charge in [0, 0.05) is 18.5 Å². The van der Waals surface area contributed by atoms with E-state index in [1.807, 2.05) is 18.7 Å². The van der Waals surface area contributed by atoms with Crippen molar-refractivity contribution in [3.05, 3.63) is 33.1 Å². The highest BCUT2D eigenvalue weighted by molar-refractivity contribution is 7.13. The maximum atomic E-state index is 12.4. The molecule has 0 bridgehead atoms. The zero-order valence-electron chi connectivity index (χ0n) is 10.3. The Kier molecular flexibility index (Phi) is 2.66. The highest BCUT2D eigenvalue weighted by Crippen LogP contribution is 2.24. The number of fused-ring (bicyclic) bond motifs is 1. The maximum absolute atomic E-state index is 12.4. The average molecular weight is 263 g/mol. The lowest BCUT2D eigenvalue weighted by Crippen LogP contribution is -2.35. The van der Waals surface area contributed by atoms with Gasteiger partial charge in [0.1, 0.15) is 10.6 Å². The molecular weight excluding hydrogens is 250 g/mol. The van der Waals surface area contributed by atoms with Gasteiger partial charge in [0.25, 0.3) is 5.91 Å². The molecule has 2 aromatic heterocycles. The third kappa shape index (κ3) is 1.82. The molecule has 94 valence electrons. The largest absolute Gasteiger partial charge is 0.361 e. The Balaban J connectivity index is 1.85. The zero-order chi connectivity index (χ0) is 12.7. The minimum absolute atomic E-state index is 0.0601. The van der Waals surface area contributed by atoms with Crippen molar-refractivity contribution in [2.75, 3.05) is 6.54 Å². The van der Waals surface area contributed by atoms with Crippen molar-refractivity contribution in [2.24, 2.45) is 0 Å². The summed E-state index contributed by atoms with van der Waals surface area (Å²) in [6.45, 7) is 5.06. The minimum Gasteiger partial charge on any atom is -0.361 e. The van der Waals surface area contributed by atoms with Crippen LogP contribution in [0.25, 0.3) is 0 Å². The first kappa shape index (κ1) is 11.4. The monoisotopic (exact) mass is 263 g/mol. The number of carbonyl (C=O) groups is 1. The summed E-state index contributed by atoms with van der Waals surface area (Å²) < 4.78 is 5.12. The molecule has 18 heavy (non-hydrogen) atoms. The lowest BCUT2D eigenvalue weighted by molar-refractivity contribution is 0.0733. The van der Waals surface area contributed by atoms with Crippen molar-refractivity contribution in [2.45, 2.75) is 26.8 Å². The number of hydrogen-bond donors (Lipinski definition) is 0. The van der Waals surface area contributed by atoms with E-state index in [-0.39, 0.29) is 5.91 Å². The van der Waals surface area contributed by atoms with Gasteiger partial charge in [-0.2, -0.15) is 0 Å². The molecule has 0 saturated heterocycles. The summed E-state index contributed by atoms with van der Waals surface area (Å²) in [5.41, 5.74) is 1.83. The van der Waals surface area contributed by atoms with E-state index in [2.05, 4.69) is 10.1 Å². The molecule has 0 radical (unpaired) electrons. The Morgan fingerprint density at radius 3 is 3.06 bits per heavy atom. The van der Waals surface area contributed by atoms with Crippen molar-refractivity contribution >= 4 is 17.2 Å². The molecule has 0 N–H and O–H groups in total. The Bertz CT molecular complexity index is 602. The van der Waals surface area contributed by atoms with Crippen LogP contribution < -0.4 is 0 Å². The van der Waals surface area contributed by atoms with Crippen molar-refractivity contribution in [1.82, 2.24) is 15.0 Å². The van der Waals surface area contributed by atoms with Gasteiger partial charge in [-0.1, -0.05) is 5.16 Å². The molecule has 1 aliphatic rings. The molecule has 2 aromatic rings. The van der Waals surface area contributed by atoms with Crippen LogP contribution in [0.1, 0.15) is 31.7 Å². The second-order valence-corrected chi connectivity index (χ2v) is 5.60. The van der Waals surface area contributed by atoms with Gasteiger partial charge in [-0.05, 0) is 13.8 Å². The van der Waals surface area contributed by atoms with Crippen molar-refractivity contribution in [3.63, 3.8) is 0 Å². The summed E-state index contributed by atoms with van der Waals surface area (Å²) in [7, 11) is 0. The molecule has 1 aliphatic heterocycles. The van der Waals surface area contributed by atoms with E-state index in [9.17, 15) is 4.79 Å². The Labute approximate surface area is 108 Å². The maximum Gasteiger partial charge on any atom is 0.266 e. The van der Waals surface area contributed by atoms with Crippen LogP contribution in [0.2, 0.25) is 0 Å². The van der Waals surface area contributed by atoms with Gasteiger partial charge in [0.05, 0.1) is 23.4 Å².